The van der Waals surface area contributed by atoms with Gasteiger partial charge in [-0.05, 0) is 34.2 Å². The molecule has 188 valence electrons. The number of amides is 3. The lowest BCUT2D eigenvalue weighted by atomic mass is 9.97. The van der Waals surface area contributed by atoms with Crippen LogP contribution in [-0.2, 0) is 27.3 Å². The second kappa shape index (κ2) is 11.4. The summed E-state index contributed by atoms with van der Waals surface area (Å²) in [4.78, 5) is 43.8. The van der Waals surface area contributed by atoms with E-state index in [9.17, 15) is 14.4 Å². The van der Waals surface area contributed by atoms with Crippen LogP contribution in [0, 0.1) is 5.92 Å². The van der Waals surface area contributed by atoms with Gasteiger partial charge in [0.05, 0.1) is 0 Å². The van der Waals surface area contributed by atoms with Crippen molar-refractivity contribution in [3.63, 3.8) is 0 Å². The Morgan fingerprint density at radius 3 is 2.33 bits per heavy atom. The van der Waals surface area contributed by atoms with Gasteiger partial charge in [0.2, 0.25) is 17.7 Å². The first kappa shape index (κ1) is 25.4. The van der Waals surface area contributed by atoms with Crippen LogP contribution in [0.1, 0.15) is 37.8 Å². The summed E-state index contributed by atoms with van der Waals surface area (Å²) in [5.41, 5.74) is 1.96. The molecule has 0 radical (unpaired) electrons. The molecule has 6 nitrogen and oxygen atoms in total. The van der Waals surface area contributed by atoms with Gasteiger partial charge < -0.3 is 15.1 Å². The monoisotopic (exact) mass is 485 g/mol. The smallest absolute Gasteiger partial charge is 0.246 e. The molecule has 3 aromatic carbocycles. The maximum absolute atomic E-state index is 14.0. The van der Waals surface area contributed by atoms with E-state index in [4.69, 9.17) is 0 Å². The molecule has 4 rings (SSSR count). The molecule has 0 bridgehead atoms. The van der Waals surface area contributed by atoms with Gasteiger partial charge >= 0.3 is 0 Å². The fourth-order valence-electron chi connectivity index (χ4n) is 5.03. The van der Waals surface area contributed by atoms with Crippen LogP contribution in [0.25, 0.3) is 10.8 Å². The average molecular weight is 486 g/mol. The lowest BCUT2D eigenvalue weighted by molar-refractivity contribution is -0.146. The van der Waals surface area contributed by atoms with Crippen molar-refractivity contribution in [2.75, 3.05) is 13.6 Å². The number of rotatable bonds is 8. The molecule has 0 aromatic heterocycles. The van der Waals surface area contributed by atoms with Gasteiger partial charge in [-0.3, -0.25) is 14.4 Å². The summed E-state index contributed by atoms with van der Waals surface area (Å²) in [6.45, 7) is 4.72. The first-order valence-electron chi connectivity index (χ1n) is 12.7. The summed E-state index contributed by atoms with van der Waals surface area (Å²) < 4.78 is 0. The Balaban J connectivity index is 1.66. The van der Waals surface area contributed by atoms with E-state index < -0.39 is 12.1 Å². The third-order valence-electron chi connectivity index (χ3n) is 6.89. The average Bonchev–Trinajstić information content (AvgIpc) is 2.99. The molecule has 1 fully saturated rings. The predicted octanol–water partition coefficient (Wildman–Crippen LogP) is 4.17. The zero-order valence-corrected chi connectivity index (χ0v) is 21.3. The van der Waals surface area contributed by atoms with E-state index in [0.29, 0.717) is 19.4 Å². The summed E-state index contributed by atoms with van der Waals surface area (Å²) in [7, 11) is 1.59. The molecule has 1 N–H and O–H groups in total. The first-order chi connectivity index (χ1) is 17.4. The third kappa shape index (κ3) is 5.76. The van der Waals surface area contributed by atoms with E-state index in [2.05, 4.69) is 31.3 Å². The van der Waals surface area contributed by atoms with Crippen LogP contribution in [0.4, 0.5) is 0 Å². The number of nitrogens with one attached hydrogen (secondary N) is 1. The molecule has 6 heteroatoms. The Labute approximate surface area is 213 Å². The third-order valence-corrected chi connectivity index (χ3v) is 6.89. The molecule has 1 heterocycles. The maximum Gasteiger partial charge on any atom is 0.246 e. The molecule has 1 saturated heterocycles. The van der Waals surface area contributed by atoms with Crippen molar-refractivity contribution >= 4 is 28.5 Å². The van der Waals surface area contributed by atoms with Crippen LogP contribution in [0.2, 0.25) is 0 Å². The van der Waals surface area contributed by atoms with Crippen molar-refractivity contribution in [2.45, 2.75) is 51.7 Å². The number of carbonyl (C=O) groups is 3. The summed E-state index contributed by atoms with van der Waals surface area (Å²) in [5.74, 6) is -0.214. The molecular weight excluding hydrogens is 450 g/mol. The summed E-state index contributed by atoms with van der Waals surface area (Å²) >= 11 is 0. The van der Waals surface area contributed by atoms with Crippen LogP contribution >= 0.6 is 0 Å². The number of nitrogens with zero attached hydrogens (tertiary/aromatic N) is 2. The van der Waals surface area contributed by atoms with Crippen LogP contribution in [0.3, 0.4) is 0 Å². The normalized spacial score (nSPS) is 17.4. The fourth-order valence-corrected chi connectivity index (χ4v) is 5.03. The zero-order chi connectivity index (χ0) is 25.7. The van der Waals surface area contributed by atoms with Gasteiger partial charge in [-0.1, -0.05) is 86.6 Å². The van der Waals surface area contributed by atoms with Crippen molar-refractivity contribution in [1.29, 1.82) is 0 Å². The lowest BCUT2D eigenvalue weighted by Crippen LogP contribution is -2.54. The van der Waals surface area contributed by atoms with E-state index in [1.165, 1.54) is 0 Å². The largest absolute Gasteiger partial charge is 0.357 e. The highest BCUT2D eigenvalue weighted by atomic mass is 16.2. The summed E-state index contributed by atoms with van der Waals surface area (Å²) in [6, 6.07) is 22.7. The Bertz CT molecular complexity index is 1220. The lowest BCUT2D eigenvalue weighted by Gasteiger charge is -2.35. The molecular formula is C30H35N3O3. The van der Waals surface area contributed by atoms with Gasteiger partial charge in [0.25, 0.3) is 0 Å². The van der Waals surface area contributed by atoms with E-state index in [1.807, 2.05) is 60.7 Å². The Morgan fingerprint density at radius 2 is 1.64 bits per heavy atom. The summed E-state index contributed by atoms with van der Waals surface area (Å²) in [6.07, 6.45) is 1.13. The van der Waals surface area contributed by atoms with Gasteiger partial charge in [-0.2, -0.15) is 0 Å². The Morgan fingerprint density at radius 1 is 0.944 bits per heavy atom. The van der Waals surface area contributed by atoms with E-state index in [1.54, 1.807) is 16.8 Å². The minimum absolute atomic E-state index is 0.0540. The molecule has 0 spiro atoms. The van der Waals surface area contributed by atoms with Gasteiger partial charge in [0.1, 0.15) is 12.1 Å². The van der Waals surface area contributed by atoms with Crippen LogP contribution in [-0.4, -0.2) is 53.2 Å². The van der Waals surface area contributed by atoms with Crippen molar-refractivity contribution in [1.82, 2.24) is 15.1 Å². The molecule has 2 atom stereocenters. The van der Waals surface area contributed by atoms with Crippen LogP contribution in [0.15, 0.2) is 72.8 Å². The quantitative estimate of drug-likeness (QED) is 0.521. The molecule has 0 saturated carbocycles. The van der Waals surface area contributed by atoms with E-state index in [-0.39, 0.29) is 36.6 Å². The van der Waals surface area contributed by atoms with E-state index in [0.717, 1.165) is 21.9 Å². The highest BCUT2D eigenvalue weighted by Crippen LogP contribution is 2.25. The van der Waals surface area contributed by atoms with Gasteiger partial charge in [-0.15, -0.1) is 0 Å². The predicted molar refractivity (Wildman–Crippen MR) is 142 cm³/mol. The number of fused-ring (bicyclic) bond motifs is 1. The Kier molecular flexibility index (Phi) is 8.04. The van der Waals surface area contributed by atoms with Crippen molar-refractivity contribution < 1.29 is 14.4 Å². The standard InChI is InChI=1S/C30H35N3O3/c1-21(2)17-27-30(36)32(16-15-28(34)33(27)20-22-9-5-4-6-10-22)26(29(35)31-3)19-23-13-14-24-11-7-8-12-25(24)18-23/h4-14,18,21,26-27H,15-17,19-20H2,1-3H3,(H,31,35). The minimum atomic E-state index is -0.692. The van der Waals surface area contributed by atoms with Crippen molar-refractivity contribution in [3.8, 4) is 0 Å². The SMILES string of the molecule is CNC(=O)C(Cc1ccc2ccccc2c1)N1CCC(=O)N(Cc2ccccc2)C(CC(C)C)C1=O. The summed E-state index contributed by atoms with van der Waals surface area (Å²) in [5, 5.41) is 4.97. The van der Waals surface area contributed by atoms with Gasteiger partial charge in [-0.25, -0.2) is 0 Å². The van der Waals surface area contributed by atoms with Gasteiger partial charge in [0, 0.05) is 33.0 Å². The maximum atomic E-state index is 14.0. The van der Waals surface area contributed by atoms with Crippen molar-refractivity contribution in [3.05, 3.63) is 83.9 Å². The minimum Gasteiger partial charge on any atom is -0.357 e. The topological polar surface area (TPSA) is 69.7 Å². The second-order valence-corrected chi connectivity index (χ2v) is 9.95. The Hall–Kier alpha value is -3.67. The number of benzene rings is 3. The number of hydrogen-bond acceptors (Lipinski definition) is 3. The highest BCUT2D eigenvalue weighted by molar-refractivity contribution is 5.94. The van der Waals surface area contributed by atoms with Gasteiger partial charge in [0.15, 0.2) is 0 Å². The zero-order valence-electron chi connectivity index (χ0n) is 21.3. The molecule has 36 heavy (non-hydrogen) atoms. The molecule has 0 aliphatic carbocycles. The first-order valence-corrected chi connectivity index (χ1v) is 12.7. The number of carbonyl (C=O) groups excluding carboxylic acids is 3. The molecule has 3 amide bonds. The number of likely N-dealkylation sites (N-methyl/N-ethyl adjacent to an activating group) is 1. The van der Waals surface area contributed by atoms with Crippen LogP contribution < -0.4 is 5.32 Å². The molecule has 3 aromatic rings. The molecule has 1 aliphatic heterocycles. The van der Waals surface area contributed by atoms with Crippen molar-refractivity contribution in [2.24, 2.45) is 5.92 Å². The fraction of sp³-hybridized carbons (Fsp3) is 0.367. The highest BCUT2D eigenvalue weighted by Gasteiger charge is 2.41. The van der Waals surface area contributed by atoms with Crippen LogP contribution in [0.5, 0.6) is 0 Å². The van der Waals surface area contributed by atoms with E-state index >= 15 is 0 Å². The number of hydrogen-bond donors (Lipinski definition) is 1. The molecule has 2 unspecified atom stereocenters. The second-order valence-electron chi connectivity index (χ2n) is 9.95. The molecule has 1 aliphatic rings.